The largest absolute Gasteiger partial charge is 0.573 e. The highest BCUT2D eigenvalue weighted by molar-refractivity contribution is 9.10. The van der Waals surface area contributed by atoms with E-state index in [4.69, 9.17) is 0 Å². The molecule has 3 rings (SSSR count). The maximum atomic E-state index is 12.7. The number of halogens is 4. The Morgan fingerprint density at radius 3 is 2.48 bits per heavy atom. The summed E-state index contributed by atoms with van der Waals surface area (Å²) in [6, 6.07) is 12.1. The van der Waals surface area contributed by atoms with E-state index in [9.17, 15) is 22.8 Å². The first-order valence-electron chi connectivity index (χ1n) is 9.55. The third-order valence-corrected chi connectivity index (χ3v) is 4.98. The van der Waals surface area contributed by atoms with Crippen molar-refractivity contribution in [1.82, 2.24) is 20.4 Å². The zero-order chi connectivity index (χ0) is 24.2. The van der Waals surface area contributed by atoms with Gasteiger partial charge in [-0.2, -0.15) is 5.10 Å². The van der Waals surface area contributed by atoms with Crippen LogP contribution >= 0.6 is 15.9 Å². The predicted octanol–water partition coefficient (Wildman–Crippen LogP) is 4.52. The van der Waals surface area contributed by atoms with Gasteiger partial charge in [0.1, 0.15) is 11.6 Å². The lowest BCUT2D eigenvalue weighted by Gasteiger charge is -2.15. The first kappa shape index (κ1) is 24.1. The van der Waals surface area contributed by atoms with Crippen LogP contribution in [0.25, 0.3) is 5.69 Å². The van der Waals surface area contributed by atoms with Gasteiger partial charge < -0.3 is 15.4 Å². The Morgan fingerprint density at radius 1 is 1.15 bits per heavy atom. The zero-order valence-corrected chi connectivity index (χ0v) is 19.0. The number of hydrogen-bond acceptors (Lipinski definition) is 4. The molecule has 1 heterocycles. The van der Waals surface area contributed by atoms with Crippen molar-refractivity contribution in [3.05, 3.63) is 69.8 Å². The van der Waals surface area contributed by atoms with Gasteiger partial charge in [0.25, 0.3) is 5.91 Å². The molecule has 0 spiro atoms. The Morgan fingerprint density at radius 2 is 1.85 bits per heavy atom. The fraction of sp³-hybridized carbons (Fsp3) is 0.190. The molecule has 1 aromatic heterocycles. The molecule has 0 bridgehead atoms. The summed E-state index contributed by atoms with van der Waals surface area (Å²) in [5.74, 6) is -0.634. The Labute approximate surface area is 195 Å². The number of amides is 3. The minimum Gasteiger partial charge on any atom is -0.405 e. The number of para-hydroxylation sites is 1. The second kappa shape index (κ2) is 9.94. The van der Waals surface area contributed by atoms with Crippen molar-refractivity contribution in [1.29, 1.82) is 0 Å². The van der Waals surface area contributed by atoms with Gasteiger partial charge in [-0.05, 0) is 37.3 Å². The van der Waals surface area contributed by atoms with Crippen molar-refractivity contribution < 1.29 is 27.5 Å². The van der Waals surface area contributed by atoms with Crippen molar-refractivity contribution in [2.45, 2.75) is 19.8 Å². The molecule has 0 aliphatic heterocycles. The van der Waals surface area contributed by atoms with Crippen LogP contribution in [0.3, 0.4) is 0 Å². The summed E-state index contributed by atoms with van der Waals surface area (Å²) in [5.41, 5.74) is 1.23. The third kappa shape index (κ3) is 6.04. The molecule has 0 aliphatic rings. The average Bonchev–Trinajstić information content (AvgIpc) is 3.09. The smallest absolute Gasteiger partial charge is 0.405 e. The molecular weight excluding hydrogens is 507 g/mol. The Kier molecular flexibility index (Phi) is 7.26. The highest BCUT2D eigenvalue weighted by Gasteiger charge is 2.32. The maximum absolute atomic E-state index is 12.7. The van der Waals surface area contributed by atoms with Crippen LogP contribution in [-0.2, 0) is 6.54 Å². The number of nitrogens with one attached hydrogen (secondary N) is 3. The number of anilines is 1. The Hall–Kier alpha value is -3.54. The number of hydrogen-bond donors (Lipinski definition) is 3. The minimum atomic E-state index is -4.87. The molecule has 0 saturated heterocycles. The van der Waals surface area contributed by atoms with Gasteiger partial charge in [0, 0.05) is 29.2 Å². The fourth-order valence-electron chi connectivity index (χ4n) is 2.97. The van der Waals surface area contributed by atoms with Gasteiger partial charge in [0.2, 0.25) is 0 Å². The average molecular weight is 526 g/mol. The monoisotopic (exact) mass is 525 g/mol. The molecule has 33 heavy (non-hydrogen) atoms. The van der Waals surface area contributed by atoms with Crippen LogP contribution in [-0.4, -0.2) is 35.1 Å². The number of benzene rings is 2. The van der Waals surface area contributed by atoms with Gasteiger partial charge in [0.15, 0.2) is 5.69 Å². The van der Waals surface area contributed by atoms with Crippen LogP contribution in [0.4, 0.5) is 23.8 Å². The zero-order valence-electron chi connectivity index (χ0n) is 17.5. The Bertz CT molecular complexity index is 1170. The van der Waals surface area contributed by atoms with E-state index in [1.165, 1.54) is 23.9 Å². The quantitative estimate of drug-likeness (QED) is 0.440. The molecule has 0 fully saturated rings. The van der Waals surface area contributed by atoms with E-state index in [1.54, 1.807) is 37.3 Å². The minimum absolute atomic E-state index is 0.108. The molecule has 8 nitrogen and oxygen atoms in total. The summed E-state index contributed by atoms with van der Waals surface area (Å²) in [4.78, 5) is 24.8. The van der Waals surface area contributed by atoms with Crippen LogP contribution in [0.5, 0.6) is 5.75 Å². The summed E-state index contributed by atoms with van der Waals surface area (Å²) < 4.78 is 44.0. The topological polar surface area (TPSA) is 97.3 Å². The van der Waals surface area contributed by atoms with Crippen LogP contribution in [0.15, 0.2) is 53.0 Å². The number of aromatic nitrogens is 2. The van der Waals surface area contributed by atoms with Gasteiger partial charge in [-0.3, -0.25) is 10.1 Å². The molecule has 3 aromatic rings. The highest BCUT2D eigenvalue weighted by Crippen LogP contribution is 2.29. The fourth-order valence-corrected chi connectivity index (χ4v) is 3.38. The van der Waals surface area contributed by atoms with Crippen LogP contribution in [0.2, 0.25) is 0 Å². The molecule has 0 atom stereocenters. The van der Waals surface area contributed by atoms with Crippen molar-refractivity contribution in [2.24, 2.45) is 0 Å². The summed E-state index contributed by atoms with van der Waals surface area (Å²) in [6.07, 6.45) is -4.87. The van der Waals surface area contributed by atoms with Crippen LogP contribution in [0.1, 0.15) is 21.6 Å². The van der Waals surface area contributed by atoms with E-state index in [0.29, 0.717) is 15.7 Å². The normalized spacial score (nSPS) is 11.1. The second-order valence-electron chi connectivity index (χ2n) is 6.76. The lowest BCUT2D eigenvalue weighted by atomic mass is 10.2. The van der Waals surface area contributed by atoms with E-state index in [1.807, 2.05) is 0 Å². The molecule has 12 heteroatoms. The summed E-state index contributed by atoms with van der Waals surface area (Å²) in [7, 11) is 1.46. The van der Waals surface area contributed by atoms with Crippen LogP contribution in [0, 0.1) is 6.92 Å². The number of urea groups is 1. The first-order valence-corrected chi connectivity index (χ1v) is 10.3. The lowest BCUT2D eigenvalue weighted by molar-refractivity contribution is -0.274. The Balaban J connectivity index is 1.83. The van der Waals surface area contributed by atoms with Gasteiger partial charge in [-0.25, -0.2) is 9.48 Å². The molecule has 0 aliphatic carbocycles. The van der Waals surface area contributed by atoms with Gasteiger partial charge >= 0.3 is 12.4 Å². The summed E-state index contributed by atoms with van der Waals surface area (Å²) in [6.45, 7) is 1.37. The highest BCUT2D eigenvalue weighted by atomic mass is 79.9. The molecule has 174 valence electrons. The maximum Gasteiger partial charge on any atom is 0.573 e. The number of alkyl halides is 3. The summed E-state index contributed by atoms with van der Waals surface area (Å²) >= 11 is 3.19. The molecule has 3 amide bonds. The number of nitrogens with zero attached hydrogens (tertiary/aromatic N) is 2. The molecule has 0 radical (unpaired) electrons. The molecule has 2 aromatic carbocycles. The number of ether oxygens (including phenoxy) is 1. The van der Waals surface area contributed by atoms with Crippen LogP contribution < -0.4 is 20.7 Å². The van der Waals surface area contributed by atoms with Crippen molar-refractivity contribution >= 4 is 33.7 Å². The van der Waals surface area contributed by atoms with Gasteiger partial charge in [-0.15, -0.1) is 13.2 Å². The van der Waals surface area contributed by atoms with Crippen molar-refractivity contribution in [3.8, 4) is 11.4 Å². The standard InChI is InChI=1S/C21H19BrF3N5O3/c1-12-17(19(31)26-2)29-30(15-6-4-3-5-7-15)18(12)28-20(32)27-11-13-10-14(22)8-9-16(13)33-21(23,24)25/h3-10H,11H2,1-2H3,(H,26,31)(H2,27,28,32). The number of rotatable bonds is 6. The summed E-state index contributed by atoms with van der Waals surface area (Å²) in [5, 5.41) is 11.9. The third-order valence-electron chi connectivity index (χ3n) is 4.48. The van der Waals surface area contributed by atoms with E-state index >= 15 is 0 Å². The number of carbonyl (C=O) groups is 2. The predicted molar refractivity (Wildman–Crippen MR) is 118 cm³/mol. The van der Waals surface area contributed by atoms with E-state index in [0.717, 1.165) is 6.07 Å². The lowest BCUT2D eigenvalue weighted by Crippen LogP contribution is -2.30. The first-order chi connectivity index (χ1) is 15.6. The van der Waals surface area contributed by atoms with E-state index in [-0.39, 0.29) is 23.6 Å². The van der Waals surface area contributed by atoms with Crippen molar-refractivity contribution in [3.63, 3.8) is 0 Å². The van der Waals surface area contributed by atoms with E-state index in [2.05, 4.69) is 41.7 Å². The van der Waals surface area contributed by atoms with Crippen molar-refractivity contribution in [2.75, 3.05) is 12.4 Å². The molecule has 0 unspecified atom stereocenters. The van der Waals surface area contributed by atoms with E-state index < -0.39 is 24.1 Å². The molecule has 3 N–H and O–H groups in total. The van der Waals surface area contributed by atoms with Gasteiger partial charge in [-0.1, -0.05) is 34.1 Å². The van der Waals surface area contributed by atoms with Gasteiger partial charge in [0.05, 0.1) is 5.69 Å². The second-order valence-corrected chi connectivity index (χ2v) is 7.67. The molecule has 0 saturated carbocycles. The SMILES string of the molecule is CNC(=O)c1nn(-c2ccccc2)c(NC(=O)NCc2cc(Br)ccc2OC(F)(F)F)c1C. The molecular formula is C21H19BrF3N5O3. The number of carbonyl (C=O) groups excluding carboxylic acids is 2.